The summed E-state index contributed by atoms with van der Waals surface area (Å²) < 4.78 is 13.5. The van der Waals surface area contributed by atoms with Gasteiger partial charge in [0.05, 0.1) is 11.3 Å². The van der Waals surface area contributed by atoms with Gasteiger partial charge in [0.1, 0.15) is 11.6 Å². The zero-order valence-corrected chi connectivity index (χ0v) is 20.9. The molecule has 1 aromatic carbocycles. The number of carbonyl (C=O) groups excluding carboxylic acids is 1. The topological polar surface area (TPSA) is 71.0 Å². The first kappa shape index (κ1) is 24.5. The third-order valence-corrected chi connectivity index (χ3v) is 7.36. The lowest BCUT2D eigenvalue weighted by molar-refractivity contribution is 0.0903. The van der Waals surface area contributed by atoms with E-state index in [0.717, 1.165) is 64.0 Å². The number of halogens is 1. The summed E-state index contributed by atoms with van der Waals surface area (Å²) >= 11 is 0. The number of aryl methyl sites for hydroxylation is 2. The molecule has 3 aromatic rings. The molecule has 1 fully saturated rings. The summed E-state index contributed by atoms with van der Waals surface area (Å²) in [7, 11) is 0. The minimum atomic E-state index is -0.300. The normalized spacial score (nSPS) is 18.6. The Balaban J connectivity index is 1.08. The molecule has 7 heteroatoms. The lowest BCUT2D eigenvalue weighted by Crippen LogP contribution is -2.46. The number of piperidine rings is 1. The summed E-state index contributed by atoms with van der Waals surface area (Å²) in [6, 6.07) is 10.0. The van der Waals surface area contributed by atoms with Crippen molar-refractivity contribution in [2.24, 2.45) is 5.92 Å². The van der Waals surface area contributed by atoms with Gasteiger partial charge in [-0.25, -0.2) is 14.4 Å². The molecular formula is C29H34FN5O. The quantitative estimate of drug-likeness (QED) is 0.526. The molecule has 1 atom stereocenters. The Morgan fingerprint density at radius 1 is 1.11 bits per heavy atom. The Morgan fingerprint density at radius 3 is 2.72 bits per heavy atom. The minimum Gasteiger partial charge on any atom is -0.349 e. The molecule has 0 bridgehead atoms. The minimum absolute atomic E-state index is 0.0990. The maximum absolute atomic E-state index is 13.5. The van der Waals surface area contributed by atoms with E-state index in [1.165, 1.54) is 29.8 Å². The molecule has 3 heterocycles. The number of fused-ring (bicyclic) bond motifs is 1. The van der Waals surface area contributed by atoms with Crippen molar-refractivity contribution in [2.75, 3.05) is 19.6 Å². The van der Waals surface area contributed by atoms with Crippen LogP contribution < -0.4 is 5.32 Å². The van der Waals surface area contributed by atoms with Gasteiger partial charge in [-0.1, -0.05) is 19.1 Å². The van der Waals surface area contributed by atoms with Crippen molar-refractivity contribution in [2.45, 2.75) is 57.9 Å². The van der Waals surface area contributed by atoms with E-state index in [1.807, 2.05) is 6.07 Å². The monoisotopic (exact) mass is 487 g/mol. The summed E-state index contributed by atoms with van der Waals surface area (Å²) in [5.41, 5.74) is 4.46. The van der Waals surface area contributed by atoms with Crippen LogP contribution in [0.15, 0.2) is 48.8 Å². The first-order valence-electron chi connectivity index (χ1n) is 13.2. The number of nitrogens with one attached hydrogen (secondary N) is 1. The number of rotatable bonds is 7. The van der Waals surface area contributed by atoms with Gasteiger partial charge < -0.3 is 10.2 Å². The number of hydrogen-bond donors (Lipinski definition) is 1. The smallest absolute Gasteiger partial charge is 0.253 e. The van der Waals surface area contributed by atoms with E-state index >= 15 is 0 Å². The second-order valence-electron chi connectivity index (χ2n) is 10.1. The lowest BCUT2D eigenvalue weighted by Gasteiger charge is -2.35. The number of carbonyl (C=O) groups is 1. The second kappa shape index (κ2) is 11.2. The second-order valence-corrected chi connectivity index (χ2v) is 10.1. The van der Waals surface area contributed by atoms with Gasteiger partial charge in [-0.05, 0) is 74.3 Å². The van der Waals surface area contributed by atoms with Crippen LogP contribution in [-0.2, 0) is 19.3 Å². The zero-order chi connectivity index (χ0) is 24.9. The van der Waals surface area contributed by atoms with Crippen molar-refractivity contribution >= 4 is 5.91 Å². The summed E-state index contributed by atoms with van der Waals surface area (Å²) in [6.07, 6.45) is 10.9. The Labute approximate surface area is 212 Å². The van der Waals surface area contributed by atoms with Crippen molar-refractivity contribution in [3.05, 3.63) is 77.3 Å². The fourth-order valence-electron chi connectivity index (χ4n) is 5.36. The van der Waals surface area contributed by atoms with E-state index in [2.05, 4.69) is 33.3 Å². The molecule has 0 radical (unpaired) electrons. The van der Waals surface area contributed by atoms with Crippen LogP contribution in [0.4, 0.5) is 4.39 Å². The van der Waals surface area contributed by atoms with Gasteiger partial charge in [0.15, 0.2) is 0 Å². The third-order valence-electron chi connectivity index (χ3n) is 7.36. The summed E-state index contributed by atoms with van der Waals surface area (Å²) in [4.78, 5) is 29.0. The number of likely N-dealkylation sites (tertiary alicyclic amines) is 1. The molecule has 1 saturated heterocycles. The maximum Gasteiger partial charge on any atom is 0.253 e. The van der Waals surface area contributed by atoms with Crippen molar-refractivity contribution in [3.8, 4) is 11.3 Å². The Bertz CT molecular complexity index is 1190. The van der Waals surface area contributed by atoms with E-state index in [4.69, 9.17) is 4.98 Å². The zero-order valence-electron chi connectivity index (χ0n) is 20.9. The molecule has 1 N–H and O–H groups in total. The van der Waals surface area contributed by atoms with E-state index in [1.54, 1.807) is 24.4 Å². The molecule has 36 heavy (non-hydrogen) atoms. The molecule has 2 aromatic heterocycles. The number of hydrogen-bond acceptors (Lipinski definition) is 5. The van der Waals surface area contributed by atoms with Gasteiger partial charge in [-0.3, -0.25) is 9.78 Å². The summed E-state index contributed by atoms with van der Waals surface area (Å²) in [5.74, 6) is 1.23. The fraction of sp³-hybridized carbons (Fsp3) is 0.448. The van der Waals surface area contributed by atoms with Crippen LogP contribution in [-0.4, -0.2) is 51.4 Å². The van der Waals surface area contributed by atoms with E-state index < -0.39 is 0 Å². The molecule has 188 valence electrons. The lowest BCUT2D eigenvalue weighted by atomic mass is 9.86. The largest absolute Gasteiger partial charge is 0.349 e. The average molecular weight is 488 g/mol. The Morgan fingerprint density at radius 2 is 1.97 bits per heavy atom. The van der Waals surface area contributed by atoms with E-state index in [-0.39, 0.29) is 17.8 Å². The van der Waals surface area contributed by atoms with Crippen LogP contribution in [0.1, 0.15) is 60.0 Å². The van der Waals surface area contributed by atoms with Gasteiger partial charge in [-0.2, -0.15) is 0 Å². The average Bonchev–Trinajstić information content (AvgIpc) is 2.90. The Hall–Kier alpha value is -3.19. The predicted molar refractivity (Wildman–Crippen MR) is 138 cm³/mol. The van der Waals surface area contributed by atoms with Gasteiger partial charge >= 0.3 is 0 Å². The van der Waals surface area contributed by atoms with Gasteiger partial charge in [0.2, 0.25) is 0 Å². The van der Waals surface area contributed by atoms with Gasteiger partial charge in [-0.15, -0.1) is 0 Å². The summed E-state index contributed by atoms with van der Waals surface area (Å²) in [5, 5.41) is 3.17. The third kappa shape index (κ3) is 5.95. The molecule has 1 amide bonds. The van der Waals surface area contributed by atoms with Crippen molar-refractivity contribution in [1.29, 1.82) is 0 Å². The number of benzene rings is 1. The molecule has 6 nitrogen and oxygen atoms in total. The standard InChI is InChI=1S/C29H34FN5O/c1-2-4-28-32-18-23-15-20(7-9-27(23)34-28)19-35-13-11-25(12-14-35)33-29(36)22-8-10-26(31-17-22)21-5-3-6-24(30)16-21/h3,5-6,8,10,16-18,20,25H,2,4,7,9,11-15,19H2,1H3,(H,33,36). The number of pyridine rings is 1. The highest BCUT2D eigenvalue weighted by molar-refractivity contribution is 5.94. The molecule has 1 aliphatic carbocycles. The van der Waals surface area contributed by atoms with Crippen LogP contribution in [0.2, 0.25) is 0 Å². The van der Waals surface area contributed by atoms with Crippen LogP contribution in [0.25, 0.3) is 11.3 Å². The van der Waals surface area contributed by atoms with Crippen molar-refractivity contribution < 1.29 is 9.18 Å². The number of aromatic nitrogens is 3. The molecule has 2 aliphatic rings. The molecule has 0 saturated carbocycles. The van der Waals surface area contributed by atoms with Crippen LogP contribution in [0, 0.1) is 11.7 Å². The highest BCUT2D eigenvalue weighted by Crippen LogP contribution is 2.26. The van der Waals surface area contributed by atoms with Crippen LogP contribution in [0.3, 0.4) is 0 Å². The highest BCUT2D eigenvalue weighted by Gasteiger charge is 2.26. The maximum atomic E-state index is 13.5. The fourth-order valence-corrected chi connectivity index (χ4v) is 5.36. The molecular weight excluding hydrogens is 453 g/mol. The Kier molecular flexibility index (Phi) is 7.66. The molecule has 0 spiro atoms. The predicted octanol–water partition coefficient (Wildman–Crippen LogP) is 4.63. The highest BCUT2D eigenvalue weighted by atomic mass is 19.1. The van der Waals surface area contributed by atoms with Gasteiger partial charge in [0.25, 0.3) is 5.91 Å². The van der Waals surface area contributed by atoms with Crippen LogP contribution in [0.5, 0.6) is 0 Å². The van der Waals surface area contributed by atoms with E-state index in [0.29, 0.717) is 22.7 Å². The summed E-state index contributed by atoms with van der Waals surface area (Å²) in [6.45, 7) is 5.26. The first-order valence-corrected chi connectivity index (χ1v) is 13.2. The van der Waals surface area contributed by atoms with Crippen LogP contribution >= 0.6 is 0 Å². The SMILES string of the molecule is CCCc1ncc2c(n1)CCC(CN1CCC(NC(=O)c3ccc(-c4cccc(F)c4)nc3)CC1)C2. The molecule has 1 unspecified atom stereocenters. The van der Waals surface area contributed by atoms with Crippen molar-refractivity contribution in [1.82, 2.24) is 25.2 Å². The van der Waals surface area contributed by atoms with Crippen molar-refractivity contribution in [3.63, 3.8) is 0 Å². The number of nitrogens with zero attached hydrogens (tertiary/aromatic N) is 4. The van der Waals surface area contributed by atoms with Gasteiger partial charge in [0, 0.05) is 55.7 Å². The molecule has 1 aliphatic heterocycles. The van der Waals surface area contributed by atoms with E-state index in [9.17, 15) is 9.18 Å². The number of amides is 1. The molecule has 5 rings (SSSR count). The first-order chi connectivity index (χ1) is 17.6.